The number of hydrogen-bond acceptors (Lipinski definition) is 10. The van der Waals surface area contributed by atoms with E-state index < -0.39 is 108 Å². The van der Waals surface area contributed by atoms with Crippen molar-refractivity contribution in [2.24, 2.45) is 5.92 Å². The fourth-order valence-corrected chi connectivity index (χ4v) is 8.35. The van der Waals surface area contributed by atoms with Gasteiger partial charge in [-0.2, -0.15) is 5.26 Å². The summed E-state index contributed by atoms with van der Waals surface area (Å²) in [4.78, 5) is 102. The zero-order chi connectivity index (χ0) is 43.4. The molecule has 6 rings (SSSR count). The lowest BCUT2D eigenvalue weighted by molar-refractivity contribution is -0.163. The molecule has 320 valence electrons. The number of halogens is 2. The fourth-order valence-electron chi connectivity index (χ4n) is 8.35. The van der Waals surface area contributed by atoms with Crippen molar-refractivity contribution in [3.05, 3.63) is 65.2 Å². The number of piperidine rings is 1. The summed E-state index contributed by atoms with van der Waals surface area (Å²) >= 11 is 0. The first-order chi connectivity index (χ1) is 28.5. The summed E-state index contributed by atoms with van der Waals surface area (Å²) < 4.78 is 34.5. The lowest BCUT2D eigenvalue weighted by atomic mass is 9.98. The average Bonchev–Trinajstić information content (AvgIpc) is 3.80. The van der Waals surface area contributed by atoms with Crippen molar-refractivity contribution in [3.63, 3.8) is 0 Å². The molecule has 0 aromatic heterocycles. The lowest BCUT2D eigenvalue weighted by Crippen LogP contribution is -2.63. The molecular weight excluding hydrogens is 786 g/mol. The van der Waals surface area contributed by atoms with E-state index in [4.69, 9.17) is 10.00 Å². The van der Waals surface area contributed by atoms with Crippen molar-refractivity contribution < 1.29 is 52.2 Å². The summed E-state index contributed by atoms with van der Waals surface area (Å²) in [5.74, 6) is -6.76. The van der Waals surface area contributed by atoms with Crippen LogP contribution in [0.2, 0.25) is 0 Å². The molecule has 0 bridgehead atoms. The standard InChI is InChI=1S/C41H48F2N8O9/c1-21-12-33-40(58)60-23(3)34(48-35(53)30(15-25-13-26(42)16-27(43)14-25)47-41(59)46-28-9-7-24(18-44)8-10-28)39(57)51-20-29(52)17-32(51)38(56)49-11-5-4-6-31(49)36(54)45-22(2)37(55)50(33)19-21/h7-10,13-14,16,21-23,29-34,52H,4-6,11-12,15,17,19-20H2,1-3H3,(H,45,54)(H,48,53)(H2,46,47,59)/t21-,22+,23+,29-,30+,31+,32+,33+,34+/m1/s1. The number of anilines is 1. The Morgan fingerprint density at radius 2 is 1.58 bits per heavy atom. The minimum absolute atomic E-state index is 0.0436. The average molecular weight is 835 g/mol. The molecule has 0 saturated carbocycles. The molecule has 2 aromatic carbocycles. The first-order valence-electron chi connectivity index (χ1n) is 20.0. The molecule has 17 nitrogen and oxygen atoms in total. The van der Waals surface area contributed by atoms with Crippen molar-refractivity contribution in [2.45, 2.75) is 108 Å². The number of aliphatic hydroxyl groups is 1. The van der Waals surface area contributed by atoms with Gasteiger partial charge in [-0.3, -0.25) is 24.0 Å². The summed E-state index contributed by atoms with van der Waals surface area (Å²) in [7, 11) is 0. The fraction of sp³-hybridized carbons (Fsp3) is 0.512. The third-order valence-electron chi connectivity index (χ3n) is 11.3. The Kier molecular flexibility index (Phi) is 13.3. The molecule has 4 fully saturated rings. The van der Waals surface area contributed by atoms with Gasteiger partial charge in [-0.05, 0) is 87.4 Å². The van der Waals surface area contributed by atoms with Gasteiger partial charge in [0.15, 0.2) is 0 Å². The Labute approximate surface area is 344 Å². The highest BCUT2D eigenvalue weighted by molar-refractivity contribution is 5.99. The number of hydrogen-bond donors (Lipinski definition) is 5. The quantitative estimate of drug-likeness (QED) is 0.260. The Hall–Kier alpha value is -6.16. The number of rotatable bonds is 6. The van der Waals surface area contributed by atoms with Crippen LogP contribution in [0, 0.1) is 28.9 Å². The van der Waals surface area contributed by atoms with Gasteiger partial charge >= 0.3 is 12.0 Å². The molecule has 0 unspecified atom stereocenters. The zero-order valence-electron chi connectivity index (χ0n) is 33.4. The van der Waals surface area contributed by atoms with Crippen LogP contribution in [0.25, 0.3) is 0 Å². The van der Waals surface area contributed by atoms with Crippen LogP contribution in [0.3, 0.4) is 0 Å². The van der Waals surface area contributed by atoms with Crippen LogP contribution >= 0.6 is 0 Å². The predicted octanol–water partition coefficient (Wildman–Crippen LogP) is 1.08. The van der Waals surface area contributed by atoms with E-state index in [2.05, 4.69) is 21.3 Å². The van der Waals surface area contributed by atoms with Gasteiger partial charge in [-0.15, -0.1) is 0 Å². The largest absolute Gasteiger partial charge is 0.458 e. The number of amides is 7. The van der Waals surface area contributed by atoms with Crippen LogP contribution in [0.15, 0.2) is 42.5 Å². The van der Waals surface area contributed by atoms with Crippen LogP contribution in [-0.4, -0.2) is 129 Å². The molecule has 0 spiro atoms. The molecule has 4 aliphatic heterocycles. The van der Waals surface area contributed by atoms with Gasteiger partial charge < -0.3 is 45.8 Å². The number of nitrogens with one attached hydrogen (secondary N) is 4. The van der Waals surface area contributed by atoms with Crippen molar-refractivity contribution in [2.75, 3.05) is 25.0 Å². The minimum Gasteiger partial charge on any atom is -0.458 e. The SMILES string of the molecule is C[C@@H]1C[C@H]2C(=O)O[C@@H](C)[C@H](NC(=O)[C@H](Cc3cc(F)cc(F)c3)NC(=O)Nc3ccc(C#N)cc3)C(=O)N3C[C@H](O)C[C@H]3C(=O)N3CCCC[C@H]3C(=O)N[C@@H](C)C(=O)N2C1. The highest BCUT2D eigenvalue weighted by Gasteiger charge is 2.49. The van der Waals surface area contributed by atoms with E-state index in [0.717, 1.165) is 17.0 Å². The maximum Gasteiger partial charge on any atom is 0.329 e. The Bertz CT molecular complexity index is 2040. The molecule has 7 amide bonds. The van der Waals surface area contributed by atoms with Crippen molar-refractivity contribution >= 4 is 47.2 Å². The summed E-state index contributed by atoms with van der Waals surface area (Å²) in [5.41, 5.74) is 0.501. The molecule has 60 heavy (non-hydrogen) atoms. The maximum absolute atomic E-state index is 14.7. The van der Waals surface area contributed by atoms with Crippen LogP contribution in [0.1, 0.15) is 64.0 Å². The highest BCUT2D eigenvalue weighted by atomic mass is 19.1. The van der Waals surface area contributed by atoms with Gasteiger partial charge in [-0.1, -0.05) is 6.92 Å². The summed E-state index contributed by atoms with van der Waals surface area (Å²) in [6.45, 7) is 4.60. The number of urea groups is 1. The number of aliphatic hydroxyl groups excluding tert-OH is 1. The molecule has 2 aromatic rings. The predicted molar refractivity (Wildman–Crippen MR) is 207 cm³/mol. The number of carbonyl (C=O) groups is 7. The highest BCUT2D eigenvalue weighted by Crippen LogP contribution is 2.29. The Morgan fingerprint density at radius 3 is 2.27 bits per heavy atom. The van der Waals surface area contributed by atoms with Crippen LogP contribution in [-0.2, 0) is 39.9 Å². The summed E-state index contributed by atoms with van der Waals surface area (Å²) in [6.07, 6.45) is -1.75. The third kappa shape index (κ3) is 9.82. The van der Waals surface area contributed by atoms with E-state index in [1.54, 1.807) is 0 Å². The molecule has 4 saturated heterocycles. The number of carbonyl (C=O) groups excluding carboxylic acids is 7. The van der Waals surface area contributed by atoms with E-state index in [-0.39, 0.29) is 56.1 Å². The van der Waals surface area contributed by atoms with Gasteiger partial charge in [0.25, 0.3) is 0 Å². The van der Waals surface area contributed by atoms with Crippen molar-refractivity contribution in [1.29, 1.82) is 5.26 Å². The van der Waals surface area contributed by atoms with E-state index in [1.807, 2.05) is 13.0 Å². The number of nitrogens with zero attached hydrogens (tertiary/aromatic N) is 4. The van der Waals surface area contributed by atoms with E-state index >= 15 is 0 Å². The van der Waals surface area contributed by atoms with Gasteiger partial charge in [0, 0.05) is 44.2 Å². The third-order valence-corrected chi connectivity index (χ3v) is 11.3. The molecular formula is C41H48F2N8O9. The monoisotopic (exact) mass is 834 g/mol. The number of nitriles is 1. The number of esters is 1. The number of benzene rings is 2. The van der Waals surface area contributed by atoms with E-state index in [9.17, 15) is 47.4 Å². The number of ether oxygens (including phenoxy) is 1. The Balaban J connectivity index is 1.35. The smallest absolute Gasteiger partial charge is 0.329 e. The van der Waals surface area contributed by atoms with Gasteiger partial charge in [-0.25, -0.2) is 18.4 Å². The summed E-state index contributed by atoms with van der Waals surface area (Å²) in [6, 6.07) is 1.40. The molecule has 5 N–H and O–H groups in total. The van der Waals surface area contributed by atoms with Crippen molar-refractivity contribution in [3.8, 4) is 6.07 Å². The molecule has 9 atom stereocenters. The van der Waals surface area contributed by atoms with Gasteiger partial charge in [0.05, 0.1) is 17.7 Å². The molecule has 0 radical (unpaired) electrons. The second kappa shape index (κ2) is 18.4. The van der Waals surface area contributed by atoms with Crippen LogP contribution in [0.4, 0.5) is 19.3 Å². The van der Waals surface area contributed by atoms with Gasteiger partial charge in [0.2, 0.25) is 29.5 Å². The van der Waals surface area contributed by atoms with Crippen LogP contribution in [0.5, 0.6) is 0 Å². The lowest BCUT2D eigenvalue weighted by Gasteiger charge is -2.39. The Morgan fingerprint density at radius 1 is 0.900 bits per heavy atom. The van der Waals surface area contributed by atoms with Crippen LogP contribution < -0.4 is 21.3 Å². The molecule has 0 aliphatic carbocycles. The second-order valence-electron chi connectivity index (χ2n) is 16.0. The topological polar surface area (TPSA) is 231 Å². The number of fused-ring (bicyclic) bond motifs is 3. The molecule has 19 heteroatoms. The molecule has 4 aliphatic rings. The van der Waals surface area contributed by atoms with E-state index in [0.29, 0.717) is 24.5 Å². The van der Waals surface area contributed by atoms with E-state index in [1.165, 1.54) is 47.9 Å². The maximum atomic E-state index is 14.7. The normalized spacial score (nSPS) is 28.1. The number of cyclic esters (lactones) is 1. The first kappa shape index (κ1) is 43.4. The van der Waals surface area contributed by atoms with Crippen molar-refractivity contribution in [1.82, 2.24) is 30.7 Å². The molecule has 4 heterocycles. The van der Waals surface area contributed by atoms with Gasteiger partial charge in [0.1, 0.15) is 54.0 Å². The first-order valence-corrected chi connectivity index (χ1v) is 20.0. The summed E-state index contributed by atoms with van der Waals surface area (Å²) in [5, 5.41) is 30.2. The minimum atomic E-state index is -1.77. The second-order valence-corrected chi connectivity index (χ2v) is 16.0. The zero-order valence-corrected chi connectivity index (χ0v) is 33.4.